The maximum Gasteiger partial charge on any atom is 0.407 e. The molecule has 1 aromatic carbocycles. The lowest BCUT2D eigenvalue weighted by Gasteiger charge is -2.33. The number of hydrogen-bond acceptors (Lipinski definition) is 3. The molecule has 1 unspecified atom stereocenters. The molecule has 86 valence electrons. The maximum absolute atomic E-state index is 11.1. The van der Waals surface area contributed by atoms with Crippen molar-refractivity contribution in [3.8, 4) is 0 Å². The topological polar surface area (TPSA) is 75.8 Å². The van der Waals surface area contributed by atoms with Gasteiger partial charge in [-0.2, -0.15) is 0 Å². The summed E-state index contributed by atoms with van der Waals surface area (Å²) in [5.41, 5.74) is 7.17. The summed E-state index contributed by atoms with van der Waals surface area (Å²) >= 11 is 0. The Labute approximate surface area is 93.4 Å². The Morgan fingerprint density at radius 3 is 2.75 bits per heavy atom. The monoisotopic (exact) mass is 222 g/mol. The highest BCUT2D eigenvalue weighted by atomic mass is 16.5. The Kier molecular flexibility index (Phi) is 2.96. The zero-order chi connectivity index (χ0) is 11.5. The van der Waals surface area contributed by atoms with E-state index in [-0.39, 0.29) is 6.04 Å². The van der Waals surface area contributed by atoms with Crippen LogP contribution in [0.4, 0.5) is 10.5 Å². The summed E-state index contributed by atoms with van der Waals surface area (Å²) < 4.78 is 5.31. The fraction of sp³-hybridized carbons (Fsp3) is 0.364. The number of hydrogen-bond donors (Lipinski definition) is 2. The number of rotatable bonds is 1. The third-order valence-corrected chi connectivity index (χ3v) is 2.70. The second-order valence-electron chi connectivity index (χ2n) is 3.73. The van der Waals surface area contributed by atoms with Crippen LogP contribution in [-0.4, -0.2) is 35.9 Å². The average molecular weight is 222 g/mol. The van der Waals surface area contributed by atoms with Crippen LogP contribution in [0, 0.1) is 0 Å². The Balaban J connectivity index is 2.23. The average Bonchev–Trinajstić information content (AvgIpc) is 2.30. The normalized spacial score (nSPS) is 20.8. The zero-order valence-corrected chi connectivity index (χ0v) is 8.80. The number of carbonyl (C=O) groups is 1. The molecule has 1 aliphatic heterocycles. The van der Waals surface area contributed by atoms with E-state index in [1.54, 1.807) is 12.1 Å². The number of benzene rings is 1. The number of nitrogens with zero attached hydrogens (tertiary/aromatic N) is 1. The Morgan fingerprint density at radius 2 is 2.12 bits per heavy atom. The van der Waals surface area contributed by atoms with Crippen molar-refractivity contribution in [2.24, 2.45) is 0 Å². The van der Waals surface area contributed by atoms with Crippen molar-refractivity contribution in [2.45, 2.75) is 6.04 Å². The highest BCUT2D eigenvalue weighted by Crippen LogP contribution is 2.24. The molecular formula is C11H14N2O3. The number of nitrogen functional groups attached to an aromatic ring is 1. The molecule has 1 aliphatic rings. The van der Waals surface area contributed by atoms with E-state index in [2.05, 4.69) is 0 Å². The minimum Gasteiger partial charge on any atom is -0.465 e. The molecule has 0 bridgehead atoms. The fourth-order valence-corrected chi connectivity index (χ4v) is 1.83. The number of nitrogens with two attached hydrogens (primary N) is 1. The van der Waals surface area contributed by atoms with Crippen LogP contribution >= 0.6 is 0 Å². The minimum atomic E-state index is -0.912. The summed E-state index contributed by atoms with van der Waals surface area (Å²) in [5, 5.41) is 9.07. The second-order valence-corrected chi connectivity index (χ2v) is 3.73. The van der Waals surface area contributed by atoms with Crippen LogP contribution in [-0.2, 0) is 4.74 Å². The third kappa shape index (κ3) is 2.09. The van der Waals surface area contributed by atoms with Crippen molar-refractivity contribution >= 4 is 11.8 Å². The maximum atomic E-state index is 11.1. The van der Waals surface area contributed by atoms with Gasteiger partial charge in [-0.15, -0.1) is 0 Å². The van der Waals surface area contributed by atoms with Gasteiger partial charge in [0.1, 0.15) is 0 Å². The number of carboxylic acid groups (broad SMARTS) is 1. The zero-order valence-electron chi connectivity index (χ0n) is 8.80. The van der Waals surface area contributed by atoms with Crippen LogP contribution in [0.3, 0.4) is 0 Å². The molecule has 5 nitrogen and oxygen atoms in total. The standard InChI is InChI=1S/C11H14N2O3/c12-9-3-1-8(2-4-9)10-7-16-6-5-13(10)11(14)15/h1-4,10H,5-7,12H2,(H,14,15). The van der Waals surface area contributed by atoms with Crippen LogP contribution in [0.5, 0.6) is 0 Å². The second kappa shape index (κ2) is 4.40. The van der Waals surface area contributed by atoms with E-state index in [0.717, 1.165) is 5.56 Å². The van der Waals surface area contributed by atoms with Crippen molar-refractivity contribution in [3.05, 3.63) is 29.8 Å². The third-order valence-electron chi connectivity index (χ3n) is 2.70. The molecule has 1 saturated heterocycles. The molecule has 5 heteroatoms. The minimum absolute atomic E-state index is 0.230. The van der Waals surface area contributed by atoms with Gasteiger partial charge in [-0.25, -0.2) is 4.79 Å². The van der Waals surface area contributed by atoms with Gasteiger partial charge < -0.3 is 15.6 Å². The molecule has 0 saturated carbocycles. The first kappa shape index (κ1) is 10.8. The lowest BCUT2D eigenvalue weighted by atomic mass is 10.1. The van der Waals surface area contributed by atoms with Gasteiger partial charge in [-0.05, 0) is 17.7 Å². The Morgan fingerprint density at radius 1 is 1.44 bits per heavy atom. The molecular weight excluding hydrogens is 208 g/mol. The number of ether oxygens (including phenoxy) is 1. The van der Waals surface area contributed by atoms with Crippen molar-refractivity contribution < 1.29 is 14.6 Å². The summed E-state index contributed by atoms with van der Waals surface area (Å²) in [6.45, 7) is 1.26. The van der Waals surface area contributed by atoms with Crippen molar-refractivity contribution in [1.82, 2.24) is 4.90 Å². The molecule has 16 heavy (non-hydrogen) atoms. The molecule has 1 aromatic rings. The predicted molar refractivity (Wildman–Crippen MR) is 59.1 cm³/mol. The van der Waals surface area contributed by atoms with Gasteiger partial charge in [0.25, 0.3) is 0 Å². The van der Waals surface area contributed by atoms with Crippen LogP contribution in [0.2, 0.25) is 0 Å². The van der Waals surface area contributed by atoms with Crippen molar-refractivity contribution in [2.75, 3.05) is 25.5 Å². The van der Waals surface area contributed by atoms with E-state index in [1.165, 1.54) is 4.90 Å². The van der Waals surface area contributed by atoms with Crippen molar-refractivity contribution in [1.29, 1.82) is 0 Å². The lowest BCUT2D eigenvalue weighted by molar-refractivity contribution is -0.000889. The van der Waals surface area contributed by atoms with Gasteiger partial charge in [0.15, 0.2) is 0 Å². The van der Waals surface area contributed by atoms with E-state index >= 15 is 0 Å². The van der Waals surface area contributed by atoms with Crippen LogP contribution < -0.4 is 5.73 Å². The number of amides is 1. The van der Waals surface area contributed by atoms with Crippen LogP contribution in [0.25, 0.3) is 0 Å². The first-order valence-corrected chi connectivity index (χ1v) is 5.11. The van der Waals surface area contributed by atoms with Gasteiger partial charge in [-0.3, -0.25) is 4.90 Å². The van der Waals surface area contributed by atoms with Gasteiger partial charge >= 0.3 is 6.09 Å². The molecule has 2 rings (SSSR count). The molecule has 3 N–H and O–H groups in total. The predicted octanol–water partition coefficient (Wildman–Crippen LogP) is 1.32. The van der Waals surface area contributed by atoms with E-state index in [9.17, 15) is 4.79 Å². The van der Waals surface area contributed by atoms with Gasteiger partial charge in [-0.1, -0.05) is 12.1 Å². The lowest BCUT2D eigenvalue weighted by Crippen LogP contribution is -2.42. The molecule has 0 aliphatic carbocycles. The largest absolute Gasteiger partial charge is 0.465 e. The molecule has 1 heterocycles. The highest BCUT2D eigenvalue weighted by Gasteiger charge is 2.28. The first-order valence-electron chi connectivity index (χ1n) is 5.11. The smallest absolute Gasteiger partial charge is 0.407 e. The van der Waals surface area contributed by atoms with Gasteiger partial charge in [0, 0.05) is 12.2 Å². The van der Waals surface area contributed by atoms with Crippen LogP contribution in [0.15, 0.2) is 24.3 Å². The van der Waals surface area contributed by atoms with E-state index in [1.807, 2.05) is 12.1 Å². The summed E-state index contributed by atoms with van der Waals surface area (Å²) in [5.74, 6) is 0. The summed E-state index contributed by atoms with van der Waals surface area (Å²) in [6, 6.07) is 6.98. The van der Waals surface area contributed by atoms with Gasteiger partial charge in [0.2, 0.25) is 0 Å². The number of anilines is 1. The van der Waals surface area contributed by atoms with Crippen LogP contribution in [0.1, 0.15) is 11.6 Å². The first-order chi connectivity index (χ1) is 7.68. The molecule has 0 spiro atoms. The molecule has 0 radical (unpaired) electrons. The molecule has 1 fully saturated rings. The Bertz CT molecular complexity index is 377. The van der Waals surface area contributed by atoms with E-state index < -0.39 is 6.09 Å². The van der Waals surface area contributed by atoms with Crippen molar-refractivity contribution in [3.63, 3.8) is 0 Å². The highest BCUT2D eigenvalue weighted by molar-refractivity contribution is 5.66. The molecule has 0 aromatic heterocycles. The fourth-order valence-electron chi connectivity index (χ4n) is 1.83. The van der Waals surface area contributed by atoms with Gasteiger partial charge in [0.05, 0.1) is 19.3 Å². The Hall–Kier alpha value is -1.75. The SMILES string of the molecule is Nc1ccc(C2COCCN2C(=O)O)cc1. The van der Waals surface area contributed by atoms with E-state index in [0.29, 0.717) is 25.4 Å². The summed E-state index contributed by atoms with van der Waals surface area (Å²) in [4.78, 5) is 12.4. The quantitative estimate of drug-likeness (QED) is 0.703. The number of morpholine rings is 1. The molecule has 1 amide bonds. The summed E-state index contributed by atoms with van der Waals surface area (Å²) in [7, 11) is 0. The molecule has 1 atom stereocenters. The van der Waals surface area contributed by atoms with E-state index in [4.69, 9.17) is 15.6 Å². The summed E-state index contributed by atoms with van der Waals surface area (Å²) in [6.07, 6.45) is -0.912.